The number of esters is 1. The molecule has 0 aromatic heterocycles. The van der Waals surface area contributed by atoms with Gasteiger partial charge in [0.15, 0.2) is 0 Å². The maximum atomic E-state index is 12.9. The topological polar surface area (TPSA) is 62.7 Å². The van der Waals surface area contributed by atoms with Gasteiger partial charge in [-0.25, -0.2) is 4.79 Å². The van der Waals surface area contributed by atoms with E-state index in [0.717, 1.165) is 25.7 Å². The van der Waals surface area contributed by atoms with Gasteiger partial charge in [0.1, 0.15) is 6.10 Å². The predicted molar refractivity (Wildman–Crippen MR) is 120 cm³/mol. The van der Waals surface area contributed by atoms with Gasteiger partial charge < -0.3 is 10.3 Å². The smallest absolute Gasteiger partial charge is 0.422 e. The summed E-state index contributed by atoms with van der Waals surface area (Å²) in [5, 5.41) is 0. The fourth-order valence-corrected chi connectivity index (χ4v) is 4.58. The molecule has 4 nitrogen and oxygen atoms in total. The fraction of sp³-hybridized carbons (Fsp3) is 0.462. The minimum absolute atomic E-state index is 0.0426. The second-order valence-corrected chi connectivity index (χ2v) is 9.15. The molecule has 158 valence electrons. The third-order valence-corrected chi connectivity index (χ3v) is 6.55. The second-order valence-electron chi connectivity index (χ2n) is 9.15. The van der Waals surface area contributed by atoms with Crippen LogP contribution in [0.4, 0.5) is 0 Å². The minimum atomic E-state index is -0.563. The Kier molecular flexibility index (Phi) is 6.89. The lowest BCUT2D eigenvalue weighted by atomic mass is 9.66. The maximum absolute atomic E-state index is 12.9. The van der Waals surface area contributed by atoms with Crippen LogP contribution in [0.3, 0.4) is 0 Å². The van der Waals surface area contributed by atoms with Crippen molar-refractivity contribution in [3.63, 3.8) is 0 Å². The summed E-state index contributed by atoms with van der Waals surface area (Å²) in [5.74, 6) is 0.141. The summed E-state index contributed by atoms with van der Waals surface area (Å²) in [5.41, 5.74) is 12.4. The molecule has 1 fully saturated rings. The highest BCUT2D eigenvalue weighted by atomic mass is 16.5. The molecule has 0 aliphatic heterocycles. The molecule has 0 bridgehead atoms. The molecule has 1 aliphatic rings. The van der Waals surface area contributed by atoms with Crippen LogP contribution in [0, 0.1) is 5.92 Å². The summed E-state index contributed by atoms with van der Waals surface area (Å²) in [7, 11) is 0. The normalized spacial score (nSPS) is 19.2. The van der Waals surface area contributed by atoms with Crippen LogP contribution < -0.4 is 0 Å². The number of carbonyl (C=O) groups is 1. The van der Waals surface area contributed by atoms with Gasteiger partial charge in [0, 0.05) is 5.92 Å². The van der Waals surface area contributed by atoms with Crippen LogP contribution in [0.5, 0.6) is 0 Å². The monoisotopic (exact) mass is 404 g/mol. The van der Waals surface area contributed by atoms with Crippen LogP contribution in [-0.4, -0.2) is 22.6 Å². The summed E-state index contributed by atoms with van der Waals surface area (Å²) in [6.07, 6.45) is 3.80. The van der Waals surface area contributed by atoms with Gasteiger partial charge in [0.25, 0.3) is 0 Å². The first-order valence-corrected chi connectivity index (χ1v) is 10.9. The van der Waals surface area contributed by atoms with Crippen molar-refractivity contribution >= 4 is 11.7 Å². The van der Waals surface area contributed by atoms with Crippen molar-refractivity contribution in [2.24, 2.45) is 5.92 Å². The average Bonchev–Trinajstić information content (AvgIpc) is 2.75. The Balaban J connectivity index is 1.81. The molecule has 0 radical (unpaired) electrons. The predicted octanol–water partition coefficient (Wildman–Crippen LogP) is 5.91. The third kappa shape index (κ3) is 4.71. The number of hydrogen-bond acceptors (Lipinski definition) is 2. The van der Waals surface area contributed by atoms with Gasteiger partial charge in [-0.1, -0.05) is 76.6 Å². The summed E-state index contributed by atoms with van der Waals surface area (Å²) < 4.78 is 5.95. The lowest BCUT2D eigenvalue weighted by Gasteiger charge is -2.42. The second kappa shape index (κ2) is 9.40. The summed E-state index contributed by atoms with van der Waals surface area (Å²) in [6.45, 7) is 8.88. The molecule has 0 N–H and O–H groups in total. The van der Waals surface area contributed by atoms with E-state index in [9.17, 15) is 10.3 Å². The van der Waals surface area contributed by atoms with Crippen molar-refractivity contribution in [1.29, 1.82) is 0 Å². The molecular weight excluding hydrogens is 372 g/mol. The molecule has 2 aromatic rings. The summed E-state index contributed by atoms with van der Waals surface area (Å²) >= 11 is 0. The molecule has 1 saturated carbocycles. The molecule has 0 unspecified atom stereocenters. The maximum Gasteiger partial charge on any atom is 0.422 e. The number of carbonyl (C=O) groups excluding carboxylic acids is 1. The van der Waals surface area contributed by atoms with Gasteiger partial charge in [-0.05, 0) is 53.9 Å². The molecule has 1 aliphatic carbocycles. The molecule has 4 heteroatoms. The Morgan fingerprint density at radius 3 is 2.27 bits per heavy atom. The van der Waals surface area contributed by atoms with Crippen LogP contribution in [0.2, 0.25) is 0 Å². The van der Waals surface area contributed by atoms with E-state index in [4.69, 9.17) is 4.74 Å². The molecule has 0 spiro atoms. The molecule has 2 atom stereocenters. The lowest BCUT2D eigenvalue weighted by molar-refractivity contribution is -0.151. The van der Waals surface area contributed by atoms with E-state index in [1.54, 1.807) is 24.3 Å². The van der Waals surface area contributed by atoms with Crippen molar-refractivity contribution in [3.8, 4) is 0 Å². The van der Waals surface area contributed by atoms with E-state index in [2.05, 4.69) is 56.8 Å². The zero-order valence-electron chi connectivity index (χ0n) is 18.5. The largest absolute Gasteiger partial charge is 0.453 e. The van der Waals surface area contributed by atoms with Crippen molar-refractivity contribution in [2.45, 2.75) is 70.8 Å². The molecular formula is C26H32N2O2. The van der Waals surface area contributed by atoms with Crippen LogP contribution >= 0.6 is 0 Å². The van der Waals surface area contributed by atoms with E-state index < -0.39 is 5.97 Å². The van der Waals surface area contributed by atoms with Crippen molar-refractivity contribution in [2.75, 3.05) is 0 Å². The van der Waals surface area contributed by atoms with E-state index in [0.29, 0.717) is 11.5 Å². The lowest BCUT2D eigenvalue weighted by Crippen LogP contribution is -2.43. The van der Waals surface area contributed by atoms with E-state index in [1.807, 2.05) is 6.07 Å². The first kappa shape index (κ1) is 22.0. The standard InChI is InChI=1S/C26H32N2O2/c1-18(2)19-14-16-21(17-15-19)26(3,4)22-12-8-9-13-23(22)30-25(29)24(28-27)20-10-6-5-7-11-20/h5-7,10-11,14-18,22-23H,8-9,12-13H2,1-4H3/t22-,23-/m1/s1. The molecule has 3 rings (SSSR count). The Morgan fingerprint density at radius 2 is 1.67 bits per heavy atom. The van der Waals surface area contributed by atoms with Gasteiger partial charge >= 0.3 is 11.7 Å². The van der Waals surface area contributed by atoms with Crippen LogP contribution in [-0.2, 0) is 14.9 Å². The highest BCUT2D eigenvalue weighted by Crippen LogP contribution is 2.42. The van der Waals surface area contributed by atoms with Crippen LogP contribution in [0.1, 0.15) is 76.0 Å². The Bertz CT molecular complexity index is 910. The SMILES string of the molecule is CC(C)c1ccc(C(C)(C)[C@@H]2CCCC[C@H]2OC(=O)C(=[N+]=[N-])c2ccccc2)cc1. The highest BCUT2D eigenvalue weighted by molar-refractivity contribution is 6.40. The third-order valence-electron chi connectivity index (χ3n) is 6.55. The fourth-order valence-electron chi connectivity index (χ4n) is 4.58. The summed E-state index contributed by atoms with van der Waals surface area (Å²) in [6, 6.07) is 17.8. The van der Waals surface area contributed by atoms with E-state index in [1.165, 1.54) is 11.1 Å². The van der Waals surface area contributed by atoms with E-state index in [-0.39, 0.29) is 23.1 Å². The van der Waals surface area contributed by atoms with Crippen molar-refractivity contribution in [1.82, 2.24) is 0 Å². The van der Waals surface area contributed by atoms with Gasteiger partial charge in [-0.3, -0.25) is 0 Å². The molecule has 2 aromatic carbocycles. The Labute approximate surface area is 179 Å². The van der Waals surface area contributed by atoms with Crippen LogP contribution in [0.25, 0.3) is 5.53 Å². The molecule has 0 amide bonds. The van der Waals surface area contributed by atoms with Crippen molar-refractivity contribution < 1.29 is 14.3 Å². The highest BCUT2D eigenvalue weighted by Gasteiger charge is 2.41. The van der Waals surface area contributed by atoms with Gasteiger partial charge in [-0.2, -0.15) is 4.79 Å². The summed E-state index contributed by atoms with van der Waals surface area (Å²) in [4.78, 5) is 16.1. The first-order valence-electron chi connectivity index (χ1n) is 10.9. The number of benzene rings is 2. The molecule has 0 heterocycles. The minimum Gasteiger partial charge on any atom is -0.453 e. The van der Waals surface area contributed by atoms with Gasteiger partial charge in [-0.15, -0.1) is 0 Å². The number of nitrogens with zero attached hydrogens (tertiary/aromatic N) is 2. The average molecular weight is 405 g/mol. The van der Waals surface area contributed by atoms with Crippen LogP contribution in [0.15, 0.2) is 54.6 Å². The quantitative estimate of drug-likeness (QED) is 0.260. The number of ether oxygens (including phenoxy) is 1. The number of rotatable bonds is 6. The first-order chi connectivity index (χ1) is 14.3. The van der Waals surface area contributed by atoms with Gasteiger partial charge in [0.2, 0.25) is 0 Å². The zero-order chi connectivity index (χ0) is 21.7. The van der Waals surface area contributed by atoms with E-state index >= 15 is 0 Å². The molecule has 30 heavy (non-hydrogen) atoms. The Hall–Kier alpha value is -2.71. The molecule has 0 saturated heterocycles. The van der Waals surface area contributed by atoms with Gasteiger partial charge in [0.05, 0.1) is 5.56 Å². The Morgan fingerprint density at radius 1 is 1.03 bits per heavy atom. The zero-order valence-corrected chi connectivity index (χ0v) is 18.5. The van der Waals surface area contributed by atoms with Crippen molar-refractivity contribution in [3.05, 3.63) is 76.8 Å². The number of hydrogen-bond donors (Lipinski definition) is 0.